The fourth-order valence-electron chi connectivity index (χ4n) is 4.64. The molecule has 0 saturated carbocycles. The van der Waals surface area contributed by atoms with Gasteiger partial charge in [0, 0.05) is 48.4 Å². The standard InChI is InChI=1S/C23H23N3O/c1-26(2)23(27)14-10-11-21-18(12-14)15-7-5-8-17(15)22(25-21)19-13-24-20-9-4-3-6-16(19)20/h3-7,9-13,15,17,22,24-25H,8H2,1-2H3. The molecule has 1 amide bonds. The van der Waals surface area contributed by atoms with E-state index in [1.807, 2.05) is 6.07 Å². The van der Waals surface area contributed by atoms with E-state index in [1.54, 1.807) is 19.0 Å². The number of allylic oxidation sites excluding steroid dienone is 2. The molecule has 1 aliphatic carbocycles. The Bertz CT molecular complexity index is 1060. The molecule has 0 spiro atoms. The van der Waals surface area contributed by atoms with Crippen LogP contribution in [0.3, 0.4) is 0 Å². The Balaban J connectivity index is 1.59. The van der Waals surface area contributed by atoms with Crippen LogP contribution in [-0.2, 0) is 0 Å². The van der Waals surface area contributed by atoms with E-state index in [1.165, 1.54) is 22.0 Å². The normalized spacial score (nSPS) is 23.0. The van der Waals surface area contributed by atoms with Gasteiger partial charge in [-0.05, 0) is 47.7 Å². The largest absolute Gasteiger partial charge is 0.378 e. The number of aromatic amines is 1. The number of nitrogens with zero attached hydrogens (tertiary/aromatic N) is 1. The van der Waals surface area contributed by atoms with E-state index >= 15 is 0 Å². The number of carbonyl (C=O) groups excluding carboxylic acids is 1. The van der Waals surface area contributed by atoms with E-state index in [4.69, 9.17) is 0 Å². The highest BCUT2D eigenvalue weighted by Gasteiger charge is 2.39. The number of H-pyrrole nitrogens is 1. The molecule has 1 aliphatic heterocycles. The number of para-hydroxylation sites is 1. The molecule has 0 radical (unpaired) electrons. The average molecular weight is 357 g/mol. The molecule has 4 heteroatoms. The van der Waals surface area contributed by atoms with Gasteiger partial charge in [-0.3, -0.25) is 4.79 Å². The molecule has 0 saturated heterocycles. The highest BCUT2D eigenvalue weighted by Crippen LogP contribution is 2.50. The molecule has 3 atom stereocenters. The van der Waals surface area contributed by atoms with Gasteiger partial charge in [-0.2, -0.15) is 0 Å². The van der Waals surface area contributed by atoms with Crippen LogP contribution < -0.4 is 5.32 Å². The molecule has 2 N–H and O–H groups in total. The second kappa shape index (κ2) is 6.02. The quantitative estimate of drug-likeness (QED) is 0.653. The minimum Gasteiger partial charge on any atom is -0.378 e. The summed E-state index contributed by atoms with van der Waals surface area (Å²) in [6.07, 6.45) is 7.80. The van der Waals surface area contributed by atoms with Gasteiger partial charge in [0.25, 0.3) is 5.91 Å². The summed E-state index contributed by atoms with van der Waals surface area (Å²) in [7, 11) is 3.59. The number of amides is 1. The topological polar surface area (TPSA) is 48.1 Å². The van der Waals surface area contributed by atoms with Crippen LogP contribution >= 0.6 is 0 Å². The summed E-state index contributed by atoms with van der Waals surface area (Å²) in [6, 6.07) is 14.8. The molecule has 0 bridgehead atoms. The third-order valence-corrected chi connectivity index (χ3v) is 5.97. The number of anilines is 1. The van der Waals surface area contributed by atoms with Gasteiger partial charge in [-0.1, -0.05) is 30.4 Å². The summed E-state index contributed by atoms with van der Waals surface area (Å²) in [5.74, 6) is 0.853. The van der Waals surface area contributed by atoms with E-state index in [2.05, 4.69) is 65.0 Å². The van der Waals surface area contributed by atoms with Gasteiger partial charge in [0.2, 0.25) is 0 Å². The van der Waals surface area contributed by atoms with E-state index in [0.29, 0.717) is 11.8 Å². The molecule has 3 aromatic rings. The lowest BCUT2D eigenvalue weighted by atomic mass is 9.76. The third kappa shape index (κ3) is 2.47. The summed E-state index contributed by atoms with van der Waals surface area (Å²) in [5, 5.41) is 5.05. The molecule has 0 fully saturated rings. The van der Waals surface area contributed by atoms with E-state index in [-0.39, 0.29) is 11.9 Å². The summed E-state index contributed by atoms with van der Waals surface area (Å²) < 4.78 is 0. The zero-order valence-electron chi connectivity index (χ0n) is 15.6. The maximum absolute atomic E-state index is 12.4. The van der Waals surface area contributed by atoms with Crippen molar-refractivity contribution in [2.45, 2.75) is 18.4 Å². The van der Waals surface area contributed by atoms with Crippen molar-refractivity contribution in [1.82, 2.24) is 9.88 Å². The van der Waals surface area contributed by atoms with E-state index in [0.717, 1.165) is 17.7 Å². The van der Waals surface area contributed by atoms with Gasteiger partial charge < -0.3 is 15.2 Å². The van der Waals surface area contributed by atoms with Gasteiger partial charge in [-0.15, -0.1) is 0 Å². The van der Waals surface area contributed by atoms with Crippen molar-refractivity contribution in [2.75, 3.05) is 19.4 Å². The molecule has 2 aliphatic rings. The summed E-state index contributed by atoms with van der Waals surface area (Å²) in [6.45, 7) is 0. The summed E-state index contributed by atoms with van der Waals surface area (Å²) in [5.41, 5.74) is 5.62. The number of hydrogen-bond acceptors (Lipinski definition) is 2. The Kier molecular flexibility index (Phi) is 3.61. The van der Waals surface area contributed by atoms with Gasteiger partial charge in [0.15, 0.2) is 0 Å². The molecule has 2 heterocycles. The van der Waals surface area contributed by atoms with Crippen LogP contribution in [0.15, 0.2) is 60.8 Å². The first kappa shape index (κ1) is 16.2. The summed E-state index contributed by atoms with van der Waals surface area (Å²) >= 11 is 0. The maximum Gasteiger partial charge on any atom is 0.253 e. The second-order valence-corrected chi connectivity index (χ2v) is 7.77. The number of fused-ring (bicyclic) bond motifs is 4. The number of benzene rings is 2. The van der Waals surface area contributed by atoms with Crippen LogP contribution in [0.5, 0.6) is 0 Å². The van der Waals surface area contributed by atoms with Crippen LogP contribution in [0.4, 0.5) is 5.69 Å². The van der Waals surface area contributed by atoms with Crippen molar-refractivity contribution < 1.29 is 4.79 Å². The Hall–Kier alpha value is -3.01. The van der Waals surface area contributed by atoms with Crippen LogP contribution in [0.25, 0.3) is 10.9 Å². The van der Waals surface area contributed by atoms with Crippen molar-refractivity contribution in [2.24, 2.45) is 5.92 Å². The van der Waals surface area contributed by atoms with Gasteiger partial charge in [0.05, 0.1) is 6.04 Å². The lowest BCUT2D eigenvalue weighted by Crippen LogP contribution is -2.29. The van der Waals surface area contributed by atoms with Crippen molar-refractivity contribution >= 4 is 22.5 Å². The zero-order valence-corrected chi connectivity index (χ0v) is 15.6. The molecule has 5 rings (SSSR count). The predicted molar refractivity (Wildman–Crippen MR) is 109 cm³/mol. The van der Waals surface area contributed by atoms with Crippen molar-refractivity contribution in [3.63, 3.8) is 0 Å². The number of hydrogen-bond donors (Lipinski definition) is 2. The monoisotopic (exact) mass is 357 g/mol. The molecule has 2 aromatic carbocycles. The molecule has 136 valence electrons. The van der Waals surface area contributed by atoms with Crippen LogP contribution in [0.1, 0.15) is 39.9 Å². The number of aromatic nitrogens is 1. The van der Waals surface area contributed by atoms with Gasteiger partial charge >= 0.3 is 0 Å². The lowest BCUT2D eigenvalue weighted by molar-refractivity contribution is 0.0827. The molecule has 27 heavy (non-hydrogen) atoms. The number of nitrogens with one attached hydrogen (secondary N) is 2. The van der Waals surface area contributed by atoms with Crippen molar-refractivity contribution in [1.29, 1.82) is 0 Å². The SMILES string of the molecule is CN(C)C(=O)c1ccc2c(c1)C1C=CCC1C(c1c[nH]c3ccccc13)N2. The second-order valence-electron chi connectivity index (χ2n) is 7.77. The number of rotatable bonds is 2. The van der Waals surface area contributed by atoms with E-state index in [9.17, 15) is 4.79 Å². The summed E-state index contributed by atoms with van der Waals surface area (Å²) in [4.78, 5) is 17.5. The minimum atomic E-state index is 0.0510. The van der Waals surface area contributed by atoms with Crippen LogP contribution in [0, 0.1) is 5.92 Å². The predicted octanol–water partition coefficient (Wildman–Crippen LogP) is 4.70. The van der Waals surface area contributed by atoms with Gasteiger partial charge in [-0.25, -0.2) is 0 Å². The van der Waals surface area contributed by atoms with Crippen molar-refractivity contribution in [3.8, 4) is 0 Å². The van der Waals surface area contributed by atoms with Crippen molar-refractivity contribution in [3.05, 3.63) is 77.5 Å². The first-order valence-electron chi connectivity index (χ1n) is 9.48. The molecular weight excluding hydrogens is 334 g/mol. The fraction of sp³-hybridized carbons (Fsp3) is 0.261. The smallest absolute Gasteiger partial charge is 0.253 e. The molecular formula is C23H23N3O. The first-order chi connectivity index (χ1) is 13.1. The molecule has 4 nitrogen and oxygen atoms in total. The fourth-order valence-corrected chi connectivity index (χ4v) is 4.64. The third-order valence-electron chi connectivity index (χ3n) is 5.97. The van der Waals surface area contributed by atoms with Gasteiger partial charge in [0.1, 0.15) is 0 Å². The maximum atomic E-state index is 12.4. The first-order valence-corrected chi connectivity index (χ1v) is 9.48. The Labute approximate surface area is 158 Å². The molecule has 1 aromatic heterocycles. The minimum absolute atomic E-state index is 0.0510. The Morgan fingerprint density at radius 3 is 2.81 bits per heavy atom. The Morgan fingerprint density at radius 2 is 1.96 bits per heavy atom. The Morgan fingerprint density at radius 1 is 1.11 bits per heavy atom. The average Bonchev–Trinajstić information content (AvgIpc) is 3.34. The highest BCUT2D eigenvalue weighted by atomic mass is 16.2. The van der Waals surface area contributed by atoms with Crippen LogP contribution in [0.2, 0.25) is 0 Å². The zero-order chi connectivity index (χ0) is 18.5. The molecule has 3 unspecified atom stereocenters. The lowest BCUT2D eigenvalue weighted by Gasteiger charge is -2.37. The van der Waals surface area contributed by atoms with Crippen LogP contribution in [-0.4, -0.2) is 29.9 Å². The highest BCUT2D eigenvalue weighted by molar-refractivity contribution is 5.95. The number of carbonyl (C=O) groups is 1. The van der Waals surface area contributed by atoms with E-state index < -0.39 is 0 Å².